The van der Waals surface area contributed by atoms with Gasteiger partial charge in [-0.25, -0.2) is 9.18 Å². The molecule has 3 N–H and O–H groups in total. The summed E-state index contributed by atoms with van der Waals surface area (Å²) in [6.07, 6.45) is -0.671. The van der Waals surface area contributed by atoms with Gasteiger partial charge < -0.3 is 20.1 Å². The predicted octanol–water partition coefficient (Wildman–Crippen LogP) is 3.55. The van der Waals surface area contributed by atoms with E-state index in [1.807, 2.05) is 0 Å². The van der Waals surface area contributed by atoms with Crippen molar-refractivity contribution in [2.45, 2.75) is 26.4 Å². The Morgan fingerprint density at radius 3 is 2.27 bits per heavy atom. The molecule has 30 heavy (non-hydrogen) atoms. The van der Waals surface area contributed by atoms with Crippen LogP contribution in [0.25, 0.3) is 0 Å². The van der Waals surface area contributed by atoms with Crippen molar-refractivity contribution in [1.29, 1.82) is 0 Å². The van der Waals surface area contributed by atoms with Gasteiger partial charge in [-0.1, -0.05) is 0 Å². The summed E-state index contributed by atoms with van der Waals surface area (Å²) in [6, 6.07) is 9.61. The molecule has 0 aliphatic heterocycles. The lowest BCUT2D eigenvalue weighted by Gasteiger charge is -2.20. The molecule has 0 atom stereocenters. The molecule has 0 bridgehead atoms. The van der Waals surface area contributed by atoms with Crippen LogP contribution in [0.2, 0.25) is 0 Å². The van der Waals surface area contributed by atoms with Crippen molar-refractivity contribution in [3.05, 3.63) is 53.8 Å². The predicted molar refractivity (Wildman–Crippen MR) is 110 cm³/mol. The van der Waals surface area contributed by atoms with Crippen LogP contribution in [-0.4, -0.2) is 37.2 Å². The molecule has 0 unspecified atom stereocenters. The molecule has 0 aromatic heterocycles. The number of methoxy groups -OCH3 is 1. The Labute approximate surface area is 173 Å². The number of hydrogen-bond acceptors (Lipinski definition) is 5. The number of carbonyl (C=O) groups excluding carboxylic acids is 3. The third kappa shape index (κ3) is 7.08. The number of anilines is 2. The topological polar surface area (TPSA) is 106 Å². The minimum atomic E-state index is -0.675. The molecule has 2 aromatic rings. The van der Waals surface area contributed by atoms with Gasteiger partial charge in [0.2, 0.25) is 5.91 Å². The van der Waals surface area contributed by atoms with Crippen LogP contribution in [-0.2, 0) is 9.53 Å². The van der Waals surface area contributed by atoms with E-state index in [1.165, 1.54) is 25.3 Å². The number of rotatable bonds is 6. The van der Waals surface area contributed by atoms with Crippen LogP contribution in [0.5, 0.6) is 5.75 Å². The molecule has 0 saturated heterocycles. The zero-order valence-corrected chi connectivity index (χ0v) is 17.2. The highest BCUT2D eigenvalue weighted by molar-refractivity contribution is 5.99. The molecule has 0 spiro atoms. The molecular formula is C21H24FN3O5. The van der Waals surface area contributed by atoms with Crippen LogP contribution >= 0.6 is 0 Å². The zero-order valence-electron chi connectivity index (χ0n) is 17.2. The molecule has 2 aromatic carbocycles. The fraction of sp³-hybridized carbons (Fsp3) is 0.286. The van der Waals surface area contributed by atoms with Crippen molar-refractivity contribution in [1.82, 2.24) is 5.32 Å². The van der Waals surface area contributed by atoms with Crippen LogP contribution in [0.15, 0.2) is 42.5 Å². The van der Waals surface area contributed by atoms with E-state index >= 15 is 0 Å². The number of amides is 3. The van der Waals surface area contributed by atoms with E-state index in [0.29, 0.717) is 17.1 Å². The van der Waals surface area contributed by atoms with Crippen molar-refractivity contribution in [3.8, 4) is 5.75 Å². The molecule has 0 heterocycles. The summed E-state index contributed by atoms with van der Waals surface area (Å²) in [5.74, 6) is -1.07. The Bertz CT molecular complexity index is 923. The summed E-state index contributed by atoms with van der Waals surface area (Å²) in [5, 5.41) is 7.63. The summed E-state index contributed by atoms with van der Waals surface area (Å²) in [5.41, 5.74) is 0.242. The first-order valence-electron chi connectivity index (χ1n) is 9.09. The number of benzene rings is 2. The molecule has 8 nitrogen and oxygen atoms in total. The second-order valence-electron chi connectivity index (χ2n) is 7.28. The number of nitrogens with one attached hydrogen (secondary N) is 3. The summed E-state index contributed by atoms with van der Waals surface area (Å²) >= 11 is 0. The highest BCUT2D eigenvalue weighted by atomic mass is 19.1. The summed E-state index contributed by atoms with van der Waals surface area (Å²) in [4.78, 5) is 36.2. The van der Waals surface area contributed by atoms with Crippen LogP contribution in [0.3, 0.4) is 0 Å². The molecule has 9 heteroatoms. The molecule has 0 aliphatic rings. The van der Waals surface area contributed by atoms with Gasteiger partial charge in [-0.3, -0.25) is 14.9 Å². The first-order valence-corrected chi connectivity index (χ1v) is 9.09. The van der Waals surface area contributed by atoms with E-state index in [-0.39, 0.29) is 12.1 Å². The third-order valence-electron chi connectivity index (χ3n) is 3.63. The molecule has 3 amide bonds. The average Bonchev–Trinajstić information content (AvgIpc) is 2.65. The highest BCUT2D eigenvalue weighted by Crippen LogP contribution is 2.28. The van der Waals surface area contributed by atoms with Crippen molar-refractivity contribution in [2.75, 3.05) is 24.3 Å². The van der Waals surface area contributed by atoms with E-state index in [2.05, 4.69) is 16.0 Å². The summed E-state index contributed by atoms with van der Waals surface area (Å²) < 4.78 is 23.3. The van der Waals surface area contributed by atoms with Gasteiger partial charge in [-0.05, 0) is 63.2 Å². The lowest BCUT2D eigenvalue weighted by atomic mass is 10.2. The molecule has 2 rings (SSSR count). The molecule has 0 fully saturated rings. The van der Waals surface area contributed by atoms with Gasteiger partial charge in [-0.15, -0.1) is 0 Å². The lowest BCUT2D eigenvalue weighted by molar-refractivity contribution is -0.115. The highest BCUT2D eigenvalue weighted by Gasteiger charge is 2.18. The standard InChI is InChI=1S/C21H24FN3O5/c1-21(2,3)30-20(28)25-16-11-15(9-10-17(16)29-4)24-18(26)12-23-19(27)13-5-7-14(22)8-6-13/h5-11H,12H2,1-4H3,(H,23,27)(H,24,26)(H,25,28). The monoisotopic (exact) mass is 417 g/mol. The van der Waals surface area contributed by atoms with Gasteiger partial charge in [0.05, 0.1) is 19.3 Å². The zero-order chi connectivity index (χ0) is 22.3. The molecule has 160 valence electrons. The fourth-order valence-electron chi connectivity index (χ4n) is 2.37. The van der Waals surface area contributed by atoms with E-state index < -0.39 is 29.3 Å². The van der Waals surface area contributed by atoms with Gasteiger partial charge in [0, 0.05) is 11.3 Å². The largest absolute Gasteiger partial charge is 0.495 e. The van der Waals surface area contributed by atoms with Gasteiger partial charge in [-0.2, -0.15) is 0 Å². The minimum absolute atomic E-state index is 0.234. The number of halogens is 1. The molecule has 0 aliphatic carbocycles. The number of carbonyl (C=O) groups is 3. The first-order chi connectivity index (χ1) is 14.1. The summed E-state index contributed by atoms with van der Waals surface area (Å²) in [7, 11) is 1.44. The lowest BCUT2D eigenvalue weighted by Crippen LogP contribution is -2.32. The maximum atomic E-state index is 12.9. The fourth-order valence-corrected chi connectivity index (χ4v) is 2.37. The van der Waals surface area contributed by atoms with Crippen LogP contribution in [0.4, 0.5) is 20.6 Å². The van der Waals surface area contributed by atoms with Crippen LogP contribution < -0.4 is 20.7 Å². The Morgan fingerprint density at radius 2 is 1.67 bits per heavy atom. The van der Waals surface area contributed by atoms with Gasteiger partial charge >= 0.3 is 6.09 Å². The van der Waals surface area contributed by atoms with Crippen LogP contribution in [0, 0.1) is 5.82 Å². The molecule has 0 saturated carbocycles. The number of ether oxygens (including phenoxy) is 2. The smallest absolute Gasteiger partial charge is 0.412 e. The van der Waals surface area contributed by atoms with Gasteiger partial charge in [0.25, 0.3) is 5.91 Å². The van der Waals surface area contributed by atoms with Crippen molar-refractivity contribution in [2.24, 2.45) is 0 Å². The Hall–Kier alpha value is -3.62. The van der Waals surface area contributed by atoms with Crippen molar-refractivity contribution in [3.63, 3.8) is 0 Å². The Balaban J connectivity index is 1.98. The second kappa shape index (κ2) is 9.73. The minimum Gasteiger partial charge on any atom is -0.495 e. The van der Waals surface area contributed by atoms with Crippen molar-refractivity contribution >= 4 is 29.3 Å². The Kier molecular flexibility index (Phi) is 7.35. The molecule has 0 radical (unpaired) electrons. The van der Waals surface area contributed by atoms with E-state index in [1.54, 1.807) is 32.9 Å². The summed E-state index contributed by atoms with van der Waals surface area (Å²) in [6.45, 7) is 4.92. The average molecular weight is 417 g/mol. The third-order valence-corrected chi connectivity index (χ3v) is 3.63. The quantitative estimate of drug-likeness (QED) is 0.667. The maximum Gasteiger partial charge on any atom is 0.412 e. The van der Waals surface area contributed by atoms with Crippen molar-refractivity contribution < 1.29 is 28.2 Å². The number of hydrogen-bond donors (Lipinski definition) is 3. The van der Waals surface area contributed by atoms with Gasteiger partial charge in [0.1, 0.15) is 17.2 Å². The Morgan fingerprint density at radius 1 is 1.00 bits per heavy atom. The van der Waals surface area contributed by atoms with E-state index in [9.17, 15) is 18.8 Å². The van der Waals surface area contributed by atoms with E-state index in [0.717, 1.165) is 12.1 Å². The maximum absolute atomic E-state index is 12.9. The van der Waals surface area contributed by atoms with Crippen LogP contribution in [0.1, 0.15) is 31.1 Å². The normalized spacial score (nSPS) is 10.7. The van der Waals surface area contributed by atoms with Gasteiger partial charge in [0.15, 0.2) is 0 Å². The SMILES string of the molecule is COc1ccc(NC(=O)CNC(=O)c2ccc(F)cc2)cc1NC(=O)OC(C)(C)C. The second-order valence-corrected chi connectivity index (χ2v) is 7.28. The van der Waals surface area contributed by atoms with E-state index in [4.69, 9.17) is 9.47 Å². The molecular weight excluding hydrogens is 393 g/mol. The first kappa shape index (κ1) is 22.7.